The molecule has 0 unspecified atom stereocenters. The highest BCUT2D eigenvalue weighted by atomic mass is 35.5. The van der Waals surface area contributed by atoms with Gasteiger partial charge in [-0.25, -0.2) is 0 Å². The summed E-state index contributed by atoms with van der Waals surface area (Å²) in [5.74, 6) is -0.00935. The number of hydrogen-bond donors (Lipinski definition) is 0. The Morgan fingerprint density at radius 3 is 2.58 bits per heavy atom. The van der Waals surface area contributed by atoms with Gasteiger partial charge in [-0.15, -0.1) is 0 Å². The molecule has 3 nitrogen and oxygen atoms in total. The highest BCUT2D eigenvalue weighted by molar-refractivity contribution is 6.32. The summed E-state index contributed by atoms with van der Waals surface area (Å²) in [6, 6.07) is 5.30. The molecule has 1 heterocycles. The molecule has 0 N–H and O–H groups in total. The predicted molar refractivity (Wildman–Crippen MR) is 77.2 cm³/mol. The van der Waals surface area contributed by atoms with E-state index in [1.807, 2.05) is 19.9 Å². The van der Waals surface area contributed by atoms with Crippen molar-refractivity contribution in [2.75, 3.05) is 0 Å². The van der Waals surface area contributed by atoms with Gasteiger partial charge < -0.3 is 0 Å². The van der Waals surface area contributed by atoms with Crippen LogP contribution in [0.2, 0.25) is 10.0 Å². The van der Waals surface area contributed by atoms with Gasteiger partial charge >= 0.3 is 0 Å². The van der Waals surface area contributed by atoms with Gasteiger partial charge in [0, 0.05) is 17.6 Å². The molecule has 0 bridgehead atoms. The van der Waals surface area contributed by atoms with Crippen molar-refractivity contribution < 1.29 is 4.79 Å². The van der Waals surface area contributed by atoms with Crippen LogP contribution in [-0.4, -0.2) is 15.6 Å². The SMILES string of the molecule is Cc1ccc(Cl)cc1C(=O)Cc1c(Cl)c(C)nn1C. The third-order valence-corrected chi connectivity index (χ3v) is 3.82. The highest BCUT2D eigenvalue weighted by Crippen LogP contribution is 2.23. The molecule has 0 radical (unpaired) electrons. The Balaban J connectivity index is 2.33. The second-order valence-corrected chi connectivity index (χ2v) is 5.34. The number of carbonyl (C=O) groups excluding carboxylic acids is 1. The number of nitrogens with zero attached hydrogens (tertiary/aromatic N) is 2. The number of benzene rings is 1. The molecule has 0 spiro atoms. The lowest BCUT2D eigenvalue weighted by molar-refractivity contribution is 0.0990. The van der Waals surface area contributed by atoms with Gasteiger partial charge in [0.2, 0.25) is 0 Å². The average Bonchev–Trinajstić information content (AvgIpc) is 2.59. The third-order valence-electron chi connectivity index (χ3n) is 3.09. The summed E-state index contributed by atoms with van der Waals surface area (Å²) in [7, 11) is 1.78. The molecular formula is C14H14Cl2N2O. The number of ketones is 1. The molecule has 1 aromatic carbocycles. The molecule has 0 atom stereocenters. The van der Waals surface area contributed by atoms with E-state index < -0.39 is 0 Å². The summed E-state index contributed by atoms with van der Waals surface area (Å²) in [5, 5.41) is 5.31. The van der Waals surface area contributed by atoms with Crippen molar-refractivity contribution >= 4 is 29.0 Å². The lowest BCUT2D eigenvalue weighted by Gasteiger charge is -2.06. The average molecular weight is 297 g/mol. The summed E-state index contributed by atoms with van der Waals surface area (Å²) in [6.45, 7) is 3.71. The second kappa shape index (κ2) is 5.35. The fourth-order valence-corrected chi connectivity index (χ4v) is 2.41. The maximum atomic E-state index is 12.3. The number of aryl methyl sites for hydroxylation is 3. The second-order valence-electron chi connectivity index (χ2n) is 4.53. The minimum Gasteiger partial charge on any atom is -0.294 e. The number of hydrogen-bond acceptors (Lipinski definition) is 2. The fraction of sp³-hybridized carbons (Fsp3) is 0.286. The van der Waals surface area contributed by atoms with Gasteiger partial charge in [0.1, 0.15) is 0 Å². The molecule has 0 amide bonds. The molecule has 0 saturated carbocycles. The van der Waals surface area contributed by atoms with Crippen LogP contribution in [-0.2, 0) is 13.5 Å². The van der Waals surface area contributed by atoms with E-state index in [4.69, 9.17) is 23.2 Å². The van der Waals surface area contributed by atoms with Crippen molar-refractivity contribution in [2.45, 2.75) is 20.3 Å². The Bertz CT molecular complexity index is 647. The zero-order valence-corrected chi connectivity index (χ0v) is 12.5. The molecule has 1 aromatic heterocycles. The number of halogens is 2. The van der Waals surface area contributed by atoms with Crippen molar-refractivity contribution in [1.29, 1.82) is 0 Å². The van der Waals surface area contributed by atoms with E-state index >= 15 is 0 Å². The van der Waals surface area contributed by atoms with E-state index in [2.05, 4.69) is 5.10 Å². The maximum absolute atomic E-state index is 12.3. The van der Waals surface area contributed by atoms with Gasteiger partial charge in [0.15, 0.2) is 5.78 Å². The van der Waals surface area contributed by atoms with Crippen molar-refractivity contribution in [3.63, 3.8) is 0 Å². The largest absolute Gasteiger partial charge is 0.294 e. The van der Waals surface area contributed by atoms with Crippen molar-refractivity contribution in [1.82, 2.24) is 9.78 Å². The fourth-order valence-electron chi connectivity index (χ4n) is 2.01. The van der Waals surface area contributed by atoms with Crippen molar-refractivity contribution in [3.05, 3.63) is 50.8 Å². The smallest absolute Gasteiger partial charge is 0.169 e. The van der Waals surface area contributed by atoms with E-state index in [0.717, 1.165) is 17.0 Å². The van der Waals surface area contributed by atoms with Crippen LogP contribution in [0.3, 0.4) is 0 Å². The summed E-state index contributed by atoms with van der Waals surface area (Å²) in [6.07, 6.45) is 0.220. The molecule has 5 heteroatoms. The molecular weight excluding hydrogens is 283 g/mol. The van der Waals surface area contributed by atoms with Crippen LogP contribution in [0.15, 0.2) is 18.2 Å². The predicted octanol–water partition coefficient (Wildman–Crippen LogP) is 3.77. The topological polar surface area (TPSA) is 34.9 Å². The molecule has 2 aromatic rings. The number of rotatable bonds is 3. The first-order valence-corrected chi connectivity index (χ1v) is 6.63. The first kappa shape index (κ1) is 14.1. The molecule has 0 aliphatic heterocycles. The van der Waals surface area contributed by atoms with Gasteiger partial charge in [-0.3, -0.25) is 9.48 Å². The van der Waals surface area contributed by atoms with Crippen LogP contribution < -0.4 is 0 Å². The minimum atomic E-state index is -0.00935. The van der Waals surface area contributed by atoms with Gasteiger partial charge in [-0.1, -0.05) is 29.3 Å². The molecule has 100 valence electrons. The summed E-state index contributed by atoms with van der Waals surface area (Å²) in [4.78, 5) is 12.3. The van der Waals surface area contributed by atoms with E-state index in [0.29, 0.717) is 15.6 Å². The first-order chi connectivity index (χ1) is 8.90. The zero-order valence-electron chi connectivity index (χ0n) is 11.0. The molecule has 0 saturated heterocycles. The van der Waals surface area contributed by atoms with Crippen molar-refractivity contribution in [3.8, 4) is 0 Å². The Labute approximate surface area is 122 Å². The number of Topliss-reactive ketones (excluding diaryl/α,β-unsaturated/α-hetero) is 1. The normalized spacial score (nSPS) is 10.8. The van der Waals surface area contributed by atoms with Crippen LogP contribution in [0.1, 0.15) is 27.3 Å². The lowest BCUT2D eigenvalue weighted by atomic mass is 10.0. The van der Waals surface area contributed by atoms with E-state index in [1.54, 1.807) is 23.9 Å². The molecule has 0 fully saturated rings. The Hall–Kier alpha value is -1.32. The zero-order chi connectivity index (χ0) is 14.2. The van der Waals surface area contributed by atoms with Crippen LogP contribution in [0.25, 0.3) is 0 Å². The number of aromatic nitrogens is 2. The molecule has 2 rings (SSSR count). The summed E-state index contributed by atoms with van der Waals surface area (Å²) < 4.78 is 1.65. The van der Waals surface area contributed by atoms with Gasteiger partial charge in [0.25, 0.3) is 0 Å². The standard InChI is InChI=1S/C14H14Cl2N2O/c1-8-4-5-10(15)6-11(8)13(19)7-12-14(16)9(2)17-18(12)3/h4-6H,7H2,1-3H3. The first-order valence-electron chi connectivity index (χ1n) is 5.87. The molecule has 0 aliphatic rings. The summed E-state index contributed by atoms with van der Waals surface area (Å²) in [5.41, 5.74) is 2.99. The minimum absolute atomic E-state index is 0.00935. The Morgan fingerprint density at radius 1 is 1.32 bits per heavy atom. The van der Waals surface area contributed by atoms with Gasteiger partial charge in [-0.05, 0) is 31.5 Å². The quantitative estimate of drug-likeness (QED) is 0.808. The van der Waals surface area contributed by atoms with E-state index in [-0.39, 0.29) is 12.2 Å². The maximum Gasteiger partial charge on any atom is 0.169 e. The Morgan fingerprint density at radius 2 is 2.00 bits per heavy atom. The highest BCUT2D eigenvalue weighted by Gasteiger charge is 2.17. The number of carbonyl (C=O) groups is 1. The lowest BCUT2D eigenvalue weighted by Crippen LogP contribution is -2.09. The monoisotopic (exact) mass is 296 g/mol. The van der Waals surface area contributed by atoms with Gasteiger partial charge in [-0.2, -0.15) is 5.10 Å². The Kier molecular flexibility index (Phi) is 3.97. The van der Waals surface area contributed by atoms with Crippen LogP contribution in [0.5, 0.6) is 0 Å². The van der Waals surface area contributed by atoms with Gasteiger partial charge in [0.05, 0.1) is 22.8 Å². The van der Waals surface area contributed by atoms with Crippen LogP contribution in [0, 0.1) is 13.8 Å². The van der Waals surface area contributed by atoms with E-state index in [1.165, 1.54) is 0 Å². The molecule has 19 heavy (non-hydrogen) atoms. The molecule has 0 aliphatic carbocycles. The van der Waals surface area contributed by atoms with Crippen LogP contribution >= 0.6 is 23.2 Å². The van der Waals surface area contributed by atoms with Crippen LogP contribution in [0.4, 0.5) is 0 Å². The van der Waals surface area contributed by atoms with Crippen molar-refractivity contribution in [2.24, 2.45) is 7.05 Å². The van der Waals surface area contributed by atoms with E-state index in [9.17, 15) is 4.79 Å². The third kappa shape index (κ3) is 2.82. The summed E-state index contributed by atoms with van der Waals surface area (Å²) >= 11 is 12.1.